The molecule has 0 saturated heterocycles. The lowest BCUT2D eigenvalue weighted by atomic mass is 10.0. The Morgan fingerprint density at radius 3 is 2.47 bits per heavy atom. The molecule has 0 spiro atoms. The monoisotopic (exact) mass is 238 g/mol. The lowest BCUT2D eigenvalue weighted by Gasteiger charge is -2.18. The van der Waals surface area contributed by atoms with Crippen molar-refractivity contribution in [2.24, 2.45) is 5.92 Å². The van der Waals surface area contributed by atoms with Gasteiger partial charge in [-0.25, -0.2) is 4.39 Å². The van der Waals surface area contributed by atoms with Crippen LogP contribution in [0, 0.1) is 18.7 Å². The first-order valence-corrected chi connectivity index (χ1v) is 6.22. The molecule has 1 aromatic rings. The standard InChI is InChI=1S/C14H23FN2/c1-9(2)5-6-11(4)17-14-7-10(3)12(15)8-13(14)16/h7-9,11,17H,5-6,16H2,1-4H3. The van der Waals surface area contributed by atoms with E-state index in [1.54, 1.807) is 13.0 Å². The number of aryl methyl sites for hydroxylation is 1. The highest BCUT2D eigenvalue weighted by molar-refractivity contribution is 5.67. The molecule has 3 heteroatoms. The van der Waals surface area contributed by atoms with Gasteiger partial charge in [0.25, 0.3) is 0 Å². The number of nitrogens with two attached hydrogens (primary N) is 1. The quantitative estimate of drug-likeness (QED) is 0.762. The van der Waals surface area contributed by atoms with Crippen molar-refractivity contribution in [2.45, 2.75) is 46.6 Å². The van der Waals surface area contributed by atoms with Crippen molar-refractivity contribution in [3.8, 4) is 0 Å². The Morgan fingerprint density at radius 1 is 1.24 bits per heavy atom. The van der Waals surface area contributed by atoms with Crippen LogP contribution < -0.4 is 11.1 Å². The second-order valence-corrected chi connectivity index (χ2v) is 5.21. The number of nitrogen functional groups attached to an aromatic ring is 1. The van der Waals surface area contributed by atoms with Gasteiger partial charge in [0.05, 0.1) is 11.4 Å². The van der Waals surface area contributed by atoms with Crippen LogP contribution in [0.5, 0.6) is 0 Å². The third-order valence-corrected chi connectivity index (χ3v) is 2.91. The normalized spacial score (nSPS) is 12.8. The van der Waals surface area contributed by atoms with Crippen molar-refractivity contribution in [2.75, 3.05) is 11.1 Å². The Balaban J connectivity index is 2.65. The van der Waals surface area contributed by atoms with E-state index in [-0.39, 0.29) is 5.82 Å². The molecule has 0 saturated carbocycles. The summed E-state index contributed by atoms with van der Waals surface area (Å²) in [6.07, 6.45) is 2.27. The molecule has 2 nitrogen and oxygen atoms in total. The maximum Gasteiger partial charge on any atom is 0.128 e. The van der Waals surface area contributed by atoms with Gasteiger partial charge in [0, 0.05) is 6.04 Å². The molecule has 1 atom stereocenters. The summed E-state index contributed by atoms with van der Waals surface area (Å²) in [4.78, 5) is 0. The molecule has 0 aromatic heterocycles. The average molecular weight is 238 g/mol. The molecule has 17 heavy (non-hydrogen) atoms. The first-order valence-electron chi connectivity index (χ1n) is 6.22. The lowest BCUT2D eigenvalue weighted by Crippen LogP contribution is -2.17. The molecular weight excluding hydrogens is 215 g/mol. The van der Waals surface area contributed by atoms with Gasteiger partial charge in [-0.3, -0.25) is 0 Å². The summed E-state index contributed by atoms with van der Waals surface area (Å²) in [6.45, 7) is 8.30. The Morgan fingerprint density at radius 2 is 1.88 bits per heavy atom. The minimum atomic E-state index is -0.247. The highest BCUT2D eigenvalue weighted by Crippen LogP contribution is 2.24. The van der Waals surface area contributed by atoms with Crippen LogP contribution in [0.15, 0.2) is 12.1 Å². The molecule has 0 heterocycles. The average Bonchev–Trinajstić information content (AvgIpc) is 2.23. The van der Waals surface area contributed by atoms with Gasteiger partial charge in [-0.15, -0.1) is 0 Å². The fraction of sp³-hybridized carbons (Fsp3) is 0.571. The second kappa shape index (κ2) is 5.89. The second-order valence-electron chi connectivity index (χ2n) is 5.21. The molecule has 1 unspecified atom stereocenters. The van der Waals surface area contributed by atoms with E-state index in [2.05, 4.69) is 26.1 Å². The van der Waals surface area contributed by atoms with E-state index in [1.165, 1.54) is 12.5 Å². The van der Waals surface area contributed by atoms with Crippen molar-refractivity contribution >= 4 is 11.4 Å². The van der Waals surface area contributed by atoms with Gasteiger partial charge in [0.1, 0.15) is 5.82 Å². The molecule has 0 aliphatic carbocycles. The topological polar surface area (TPSA) is 38.0 Å². The van der Waals surface area contributed by atoms with Crippen LogP contribution in [0.4, 0.5) is 15.8 Å². The molecule has 0 radical (unpaired) electrons. The summed E-state index contributed by atoms with van der Waals surface area (Å²) in [5.74, 6) is 0.453. The predicted octanol–water partition coefficient (Wildman–Crippen LogP) is 3.95. The van der Waals surface area contributed by atoms with Gasteiger partial charge in [-0.05, 0) is 50.3 Å². The zero-order valence-corrected chi connectivity index (χ0v) is 11.2. The molecular formula is C14H23FN2. The smallest absolute Gasteiger partial charge is 0.128 e. The summed E-state index contributed by atoms with van der Waals surface area (Å²) in [5.41, 5.74) is 7.72. The molecule has 0 aliphatic heterocycles. The molecule has 0 bridgehead atoms. The predicted molar refractivity (Wildman–Crippen MR) is 72.7 cm³/mol. The van der Waals surface area contributed by atoms with Crippen molar-refractivity contribution in [1.29, 1.82) is 0 Å². The van der Waals surface area contributed by atoms with Gasteiger partial charge in [0.15, 0.2) is 0 Å². The molecule has 0 aliphatic rings. The Labute approximate surface area is 103 Å². The van der Waals surface area contributed by atoms with E-state index in [4.69, 9.17) is 5.73 Å². The SMILES string of the molecule is Cc1cc(NC(C)CCC(C)C)c(N)cc1F. The van der Waals surface area contributed by atoms with Crippen LogP contribution in [0.25, 0.3) is 0 Å². The maximum absolute atomic E-state index is 13.2. The molecule has 1 rings (SSSR count). The van der Waals surface area contributed by atoms with Gasteiger partial charge in [-0.2, -0.15) is 0 Å². The number of nitrogens with one attached hydrogen (secondary N) is 1. The minimum Gasteiger partial charge on any atom is -0.397 e. The first-order chi connectivity index (χ1) is 7.90. The van der Waals surface area contributed by atoms with Gasteiger partial charge in [0.2, 0.25) is 0 Å². The van der Waals surface area contributed by atoms with Crippen molar-refractivity contribution in [1.82, 2.24) is 0 Å². The summed E-state index contributed by atoms with van der Waals surface area (Å²) in [7, 11) is 0. The van der Waals surface area contributed by atoms with Crippen LogP contribution in [-0.4, -0.2) is 6.04 Å². The van der Waals surface area contributed by atoms with Crippen LogP contribution in [0.3, 0.4) is 0 Å². The maximum atomic E-state index is 13.2. The van der Waals surface area contributed by atoms with E-state index in [0.29, 0.717) is 23.2 Å². The van der Waals surface area contributed by atoms with Gasteiger partial charge >= 0.3 is 0 Å². The lowest BCUT2D eigenvalue weighted by molar-refractivity contribution is 0.527. The fourth-order valence-electron chi connectivity index (χ4n) is 1.74. The summed E-state index contributed by atoms with van der Waals surface area (Å²) in [5, 5.41) is 3.34. The van der Waals surface area contributed by atoms with Crippen molar-refractivity contribution < 1.29 is 4.39 Å². The number of rotatable bonds is 5. The number of anilines is 2. The zero-order valence-electron chi connectivity index (χ0n) is 11.2. The molecule has 0 amide bonds. The third kappa shape index (κ3) is 4.25. The van der Waals surface area contributed by atoms with Gasteiger partial charge in [-0.1, -0.05) is 13.8 Å². The summed E-state index contributed by atoms with van der Waals surface area (Å²) in [6, 6.07) is 3.51. The Hall–Kier alpha value is -1.25. The number of halogens is 1. The van der Waals surface area contributed by atoms with E-state index in [9.17, 15) is 4.39 Å². The number of hydrogen-bond acceptors (Lipinski definition) is 2. The molecule has 3 N–H and O–H groups in total. The zero-order chi connectivity index (χ0) is 13.0. The molecule has 96 valence electrons. The van der Waals surface area contributed by atoms with Crippen LogP contribution in [0.1, 0.15) is 39.2 Å². The summed E-state index contributed by atoms with van der Waals surface area (Å²) < 4.78 is 13.2. The van der Waals surface area contributed by atoms with E-state index < -0.39 is 0 Å². The largest absolute Gasteiger partial charge is 0.397 e. The van der Waals surface area contributed by atoms with E-state index in [1.807, 2.05) is 0 Å². The van der Waals surface area contributed by atoms with Crippen LogP contribution >= 0.6 is 0 Å². The first kappa shape index (κ1) is 13.8. The number of benzene rings is 1. The van der Waals surface area contributed by atoms with E-state index >= 15 is 0 Å². The molecule has 1 aromatic carbocycles. The Kier molecular flexibility index (Phi) is 4.79. The Bertz CT molecular complexity index is 375. The summed E-state index contributed by atoms with van der Waals surface area (Å²) >= 11 is 0. The van der Waals surface area contributed by atoms with Crippen LogP contribution in [0.2, 0.25) is 0 Å². The van der Waals surface area contributed by atoms with Crippen LogP contribution in [-0.2, 0) is 0 Å². The highest BCUT2D eigenvalue weighted by Gasteiger charge is 2.08. The minimum absolute atomic E-state index is 0.247. The van der Waals surface area contributed by atoms with Crippen molar-refractivity contribution in [3.63, 3.8) is 0 Å². The molecule has 0 fully saturated rings. The highest BCUT2D eigenvalue weighted by atomic mass is 19.1. The van der Waals surface area contributed by atoms with Gasteiger partial charge < -0.3 is 11.1 Å². The fourth-order valence-corrected chi connectivity index (χ4v) is 1.74. The van der Waals surface area contributed by atoms with Crippen molar-refractivity contribution in [3.05, 3.63) is 23.5 Å². The number of hydrogen-bond donors (Lipinski definition) is 2. The third-order valence-electron chi connectivity index (χ3n) is 2.91. The van der Waals surface area contributed by atoms with E-state index in [0.717, 1.165) is 12.1 Å².